The van der Waals surface area contributed by atoms with E-state index in [1.807, 2.05) is 20.8 Å². The van der Waals surface area contributed by atoms with Crippen molar-refractivity contribution in [1.82, 2.24) is 0 Å². The zero-order chi connectivity index (χ0) is 27.2. The Morgan fingerprint density at radius 2 is 1.46 bits per heavy atom. The zero-order valence-corrected chi connectivity index (χ0v) is 27.1. The van der Waals surface area contributed by atoms with E-state index < -0.39 is 30.6 Å². The number of rotatable bonds is 14. The third kappa shape index (κ3) is 12.0. The van der Waals surface area contributed by atoms with E-state index in [0.717, 1.165) is 12.5 Å². The molecule has 1 atom stereocenters. The van der Waals surface area contributed by atoms with Gasteiger partial charge in [-0.25, -0.2) is 0 Å². The zero-order valence-electron chi connectivity index (χ0n) is 24.1. The first kappa shape index (κ1) is 31.8. The van der Waals surface area contributed by atoms with Gasteiger partial charge in [-0.3, -0.25) is 9.59 Å². The Morgan fingerprint density at radius 3 is 1.91 bits per heavy atom. The predicted octanol–water partition coefficient (Wildman–Crippen LogP) is 7.06. The van der Waals surface area contributed by atoms with E-state index in [-0.39, 0.29) is 18.0 Å². The van der Waals surface area contributed by atoms with E-state index in [2.05, 4.69) is 52.8 Å². The van der Waals surface area contributed by atoms with Crippen LogP contribution in [0.5, 0.6) is 11.5 Å². The molecule has 0 heterocycles. The molecule has 1 aromatic carbocycles. The number of benzene rings is 1. The van der Waals surface area contributed by atoms with Gasteiger partial charge in [-0.05, 0) is 82.4 Å². The summed E-state index contributed by atoms with van der Waals surface area (Å²) in [5.41, 5.74) is -0.0912. The van der Waals surface area contributed by atoms with Crippen molar-refractivity contribution in [3.05, 3.63) is 23.8 Å². The molecule has 200 valence electrons. The van der Waals surface area contributed by atoms with E-state index in [9.17, 15) is 9.59 Å². The van der Waals surface area contributed by atoms with Crippen LogP contribution < -0.4 is 9.47 Å². The van der Waals surface area contributed by atoms with E-state index in [0.29, 0.717) is 29.6 Å². The smallest absolute Gasteiger partial charge is 0.314 e. The summed E-state index contributed by atoms with van der Waals surface area (Å²) in [6, 6.07) is 6.04. The van der Waals surface area contributed by atoms with Crippen LogP contribution in [0.3, 0.4) is 0 Å². The van der Waals surface area contributed by atoms with E-state index in [1.165, 1.54) is 0 Å². The largest absolute Gasteiger partial charge is 0.493 e. The highest BCUT2D eigenvalue weighted by atomic mass is 28.5. The second-order valence-electron chi connectivity index (χ2n) is 12.7. The van der Waals surface area contributed by atoms with Crippen LogP contribution in [0, 0.1) is 11.3 Å². The lowest BCUT2D eigenvalue weighted by atomic mass is 9.87. The summed E-state index contributed by atoms with van der Waals surface area (Å²) in [6.07, 6.45) is 0.830. The van der Waals surface area contributed by atoms with Crippen molar-refractivity contribution in [3.63, 3.8) is 0 Å². The van der Waals surface area contributed by atoms with Gasteiger partial charge in [0, 0.05) is 11.0 Å². The Bertz CT molecular complexity index is 849. The number of ether oxygens (including phenoxy) is 2. The van der Waals surface area contributed by atoms with Crippen LogP contribution in [0.2, 0.25) is 51.9 Å². The first-order chi connectivity index (χ1) is 15.7. The number of carbonyl (C=O) groups excluding carboxylic acids is 2. The van der Waals surface area contributed by atoms with Crippen molar-refractivity contribution < 1.29 is 27.3 Å². The molecule has 0 aliphatic carbocycles. The topological polar surface area (TPSA) is 71.1 Å². The fourth-order valence-corrected chi connectivity index (χ4v) is 16.5. The van der Waals surface area contributed by atoms with Crippen molar-refractivity contribution in [2.24, 2.45) is 11.3 Å². The van der Waals surface area contributed by atoms with Crippen LogP contribution in [0.1, 0.15) is 50.9 Å². The lowest BCUT2D eigenvalue weighted by Crippen LogP contribution is -2.52. The fourth-order valence-electron chi connectivity index (χ4n) is 3.72. The average molecular weight is 541 g/mol. The number of carbonyl (C=O) groups is 2. The fraction of sp³-hybridized carbons (Fsp3) is 0.692. The van der Waals surface area contributed by atoms with Crippen molar-refractivity contribution in [2.45, 2.75) is 92.4 Å². The Hall–Kier alpha value is -1.27. The lowest BCUT2D eigenvalue weighted by Gasteiger charge is -2.39. The highest BCUT2D eigenvalue weighted by Crippen LogP contribution is 2.31. The summed E-state index contributed by atoms with van der Waals surface area (Å²) in [7, 11) is -4.17. The minimum atomic E-state index is -2.28. The van der Waals surface area contributed by atoms with Crippen LogP contribution in [0.15, 0.2) is 18.2 Å². The molecule has 1 unspecified atom stereocenters. The van der Waals surface area contributed by atoms with Gasteiger partial charge in [0.25, 0.3) is 0 Å². The van der Waals surface area contributed by atoms with Crippen molar-refractivity contribution in [2.75, 3.05) is 13.7 Å². The van der Waals surface area contributed by atoms with Crippen LogP contribution in [-0.4, -0.2) is 50.5 Å². The Labute approximate surface area is 216 Å². The van der Waals surface area contributed by atoms with Gasteiger partial charge in [0.15, 0.2) is 33.9 Å². The Balaban J connectivity index is 2.81. The number of methoxy groups -OCH3 is 1. The van der Waals surface area contributed by atoms with Crippen LogP contribution >= 0.6 is 0 Å². The molecule has 0 amide bonds. The first-order valence-electron chi connectivity index (χ1n) is 12.5. The Morgan fingerprint density at radius 1 is 0.914 bits per heavy atom. The predicted molar refractivity (Wildman–Crippen MR) is 151 cm³/mol. The molecule has 1 rings (SSSR count). The average Bonchev–Trinajstić information content (AvgIpc) is 2.66. The molecule has 0 bridgehead atoms. The molecule has 0 fully saturated rings. The van der Waals surface area contributed by atoms with Gasteiger partial charge in [0.05, 0.1) is 20.1 Å². The standard InChI is InChI=1S/C26H48O6Si3/c1-20(15-16-35(12,31-33(6,7)8)32-34(9,10)11)19-30-23-14-13-21(17-24(23)29-5)22(27)18-25(28)26(2,3)4/h13-14,17,20H,15-16,18-19H2,1-12H3. The first-order valence-corrected chi connectivity index (χ1v) is 21.9. The van der Waals surface area contributed by atoms with Gasteiger partial charge in [-0.1, -0.05) is 27.7 Å². The molecular formula is C26H48O6Si3. The SMILES string of the molecule is COc1cc(C(=O)CC(=O)C(C)(C)C)ccc1OCC(C)CC[Si](C)(O[Si](C)(C)C)O[Si](C)(C)C. The van der Waals surface area contributed by atoms with Gasteiger partial charge in [0.1, 0.15) is 5.78 Å². The molecule has 0 saturated heterocycles. The molecule has 0 N–H and O–H groups in total. The summed E-state index contributed by atoms with van der Waals surface area (Å²) in [5.74, 6) is 1.09. The van der Waals surface area contributed by atoms with E-state index in [4.69, 9.17) is 17.7 Å². The summed E-state index contributed by atoms with van der Waals surface area (Å²) in [5, 5.41) is 0. The molecule has 6 nitrogen and oxygen atoms in total. The maximum atomic E-state index is 12.6. The summed E-state index contributed by atoms with van der Waals surface area (Å²) < 4.78 is 24.8. The third-order valence-electron chi connectivity index (χ3n) is 5.30. The van der Waals surface area contributed by atoms with Gasteiger partial charge < -0.3 is 17.7 Å². The van der Waals surface area contributed by atoms with Crippen molar-refractivity contribution in [1.29, 1.82) is 0 Å². The number of hydrogen-bond donors (Lipinski definition) is 0. The molecule has 0 aliphatic rings. The minimum Gasteiger partial charge on any atom is -0.493 e. The molecule has 0 saturated carbocycles. The maximum Gasteiger partial charge on any atom is 0.314 e. The lowest BCUT2D eigenvalue weighted by molar-refractivity contribution is -0.125. The third-order valence-corrected chi connectivity index (χ3v) is 14.9. The molecule has 9 heteroatoms. The highest BCUT2D eigenvalue weighted by molar-refractivity contribution is 6.87. The monoisotopic (exact) mass is 540 g/mol. The number of Topliss-reactive ketones (excluding diaryl/α,β-unsaturated/α-hetero) is 2. The summed E-state index contributed by atoms with van der Waals surface area (Å²) in [6.45, 7) is 23.7. The number of ketones is 2. The second kappa shape index (κ2) is 12.3. The van der Waals surface area contributed by atoms with Gasteiger partial charge in [0.2, 0.25) is 0 Å². The molecule has 1 aromatic rings. The molecule has 0 spiro atoms. The molecule has 0 radical (unpaired) electrons. The molecule has 35 heavy (non-hydrogen) atoms. The summed E-state index contributed by atoms with van der Waals surface area (Å²) >= 11 is 0. The normalized spacial score (nSPS) is 13.9. The molecule has 0 aromatic heterocycles. The Kier molecular flexibility index (Phi) is 11.2. The van der Waals surface area contributed by atoms with Crippen molar-refractivity contribution >= 4 is 36.8 Å². The second-order valence-corrected chi connectivity index (χ2v) is 25.5. The van der Waals surface area contributed by atoms with Crippen LogP contribution in [-0.2, 0) is 13.0 Å². The van der Waals surface area contributed by atoms with E-state index in [1.54, 1.807) is 25.3 Å². The maximum absolute atomic E-state index is 12.6. The minimum absolute atomic E-state index is 0.0811. The van der Waals surface area contributed by atoms with Gasteiger partial charge in [-0.2, -0.15) is 0 Å². The van der Waals surface area contributed by atoms with Crippen LogP contribution in [0.25, 0.3) is 0 Å². The number of hydrogen-bond acceptors (Lipinski definition) is 6. The summed E-state index contributed by atoms with van der Waals surface area (Å²) in [4.78, 5) is 24.8. The van der Waals surface area contributed by atoms with E-state index >= 15 is 0 Å². The molecular weight excluding hydrogens is 493 g/mol. The van der Waals surface area contributed by atoms with Crippen LogP contribution in [0.4, 0.5) is 0 Å². The quantitative estimate of drug-likeness (QED) is 0.143. The van der Waals surface area contributed by atoms with Crippen molar-refractivity contribution in [3.8, 4) is 11.5 Å². The molecule has 0 aliphatic heterocycles. The highest BCUT2D eigenvalue weighted by Gasteiger charge is 2.40. The van der Waals surface area contributed by atoms with Gasteiger partial charge in [-0.15, -0.1) is 0 Å². The van der Waals surface area contributed by atoms with Gasteiger partial charge >= 0.3 is 8.56 Å².